The number of nitrogens with one attached hydrogen (secondary N) is 1. The number of nitrogens with zero attached hydrogens (tertiary/aromatic N) is 2. The predicted octanol–water partition coefficient (Wildman–Crippen LogP) is 4.43. The lowest BCUT2D eigenvalue weighted by Gasteiger charge is -2.08. The molecule has 0 atom stereocenters. The number of benzene rings is 1. The molecule has 3 nitrogen and oxygen atoms in total. The normalized spacial score (nSPS) is 10.9. The molecule has 0 spiro atoms. The zero-order valence-electron chi connectivity index (χ0n) is 11.3. The van der Waals surface area contributed by atoms with Crippen LogP contribution in [0.15, 0.2) is 53.4 Å². The summed E-state index contributed by atoms with van der Waals surface area (Å²) in [6, 6.07) is 10.4. The van der Waals surface area contributed by atoms with Gasteiger partial charge in [-0.2, -0.15) is 0 Å². The Balaban J connectivity index is 1.83. The number of hydrogen-bond acceptors (Lipinski definition) is 2. The van der Waals surface area contributed by atoms with Crippen molar-refractivity contribution in [3.05, 3.63) is 59.0 Å². The van der Waals surface area contributed by atoms with E-state index in [-0.39, 0.29) is 0 Å². The Labute approximate surface area is 126 Å². The highest BCUT2D eigenvalue weighted by molar-refractivity contribution is 9.10. The molecule has 0 saturated heterocycles. The number of pyridine rings is 1. The Morgan fingerprint density at radius 2 is 2.20 bits per heavy atom. The van der Waals surface area contributed by atoms with Crippen LogP contribution in [-0.4, -0.2) is 9.55 Å². The van der Waals surface area contributed by atoms with Crippen molar-refractivity contribution < 1.29 is 0 Å². The Bertz CT molecular complexity index is 733. The van der Waals surface area contributed by atoms with Crippen molar-refractivity contribution in [3.8, 4) is 0 Å². The molecule has 102 valence electrons. The average molecular weight is 330 g/mol. The number of para-hydroxylation sites is 1. The van der Waals surface area contributed by atoms with Gasteiger partial charge in [0.05, 0.1) is 11.2 Å². The minimum atomic E-state index is 0.809. The highest BCUT2D eigenvalue weighted by Gasteiger charge is 2.03. The lowest BCUT2D eigenvalue weighted by atomic mass is 10.2. The van der Waals surface area contributed by atoms with Gasteiger partial charge in [0.25, 0.3) is 0 Å². The van der Waals surface area contributed by atoms with Crippen LogP contribution in [0.1, 0.15) is 12.5 Å². The van der Waals surface area contributed by atoms with E-state index in [2.05, 4.69) is 80.4 Å². The van der Waals surface area contributed by atoms with Crippen LogP contribution in [0.2, 0.25) is 0 Å². The topological polar surface area (TPSA) is 29.9 Å². The van der Waals surface area contributed by atoms with E-state index in [0.717, 1.165) is 34.2 Å². The molecule has 1 N–H and O–H groups in total. The number of fused-ring (bicyclic) bond motifs is 1. The quantitative estimate of drug-likeness (QED) is 0.767. The third-order valence-electron chi connectivity index (χ3n) is 3.34. The molecule has 0 saturated carbocycles. The highest BCUT2D eigenvalue weighted by Crippen LogP contribution is 2.24. The second kappa shape index (κ2) is 5.67. The minimum absolute atomic E-state index is 0.809. The molecule has 2 heterocycles. The summed E-state index contributed by atoms with van der Waals surface area (Å²) >= 11 is 3.46. The molecule has 3 rings (SSSR count). The minimum Gasteiger partial charge on any atom is -0.379 e. The number of halogens is 1. The van der Waals surface area contributed by atoms with Crippen LogP contribution in [0.25, 0.3) is 10.9 Å². The van der Waals surface area contributed by atoms with Gasteiger partial charge >= 0.3 is 0 Å². The standard InChI is InChI=1S/C16H16BrN3/c1-2-20-7-6-12(11-20)9-18-15-5-3-4-13-8-14(17)10-19-16(13)15/h3-8,10-11,18H,2,9H2,1H3. The summed E-state index contributed by atoms with van der Waals surface area (Å²) in [5, 5.41) is 4.60. The average Bonchev–Trinajstić information content (AvgIpc) is 2.92. The molecule has 3 aromatic rings. The number of hydrogen-bond donors (Lipinski definition) is 1. The van der Waals surface area contributed by atoms with Gasteiger partial charge in [0.1, 0.15) is 0 Å². The first kappa shape index (κ1) is 13.2. The summed E-state index contributed by atoms with van der Waals surface area (Å²) in [4.78, 5) is 4.50. The molecule has 1 aromatic carbocycles. The fourth-order valence-corrected chi connectivity index (χ4v) is 2.61. The molecule has 4 heteroatoms. The molecule has 0 amide bonds. The summed E-state index contributed by atoms with van der Waals surface area (Å²) in [6.45, 7) is 3.96. The zero-order valence-corrected chi connectivity index (χ0v) is 12.9. The largest absolute Gasteiger partial charge is 0.379 e. The Morgan fingerprint density at radius 1 is 1.30 bits per heavy atom. The van der Waals surface area contributed by atoms with Crippen molar-refractivity contribution in [1.82, 2.24) is 9.55 Å². The smallest absolute Gasteiger partial charge is 0.0934 e. The fraction of sp³-hybridized carbons (Fsp3) is 0.188. The molecule has 2 aromatic heterocycles. The second-order valence-corrected chi connectivity index (χ2v) is 5.65. The van der Waals surface area contributed by atoms with Crippen LogP contribution in [0.4, 0.5) is 5.69 Å². The van der Waals surface area contributed by atoms with Gasteiger partial charge in [-0.3, -0.25) is 4.98 Å². The summed E-state index contributed by atoms with van der Waals surface area (Å²) in [7, 11) is 0. The number of aryl methyl sites for hydroxylation is 1. The first-order chi connectivity index (χ1) is 9.76. The van der Waals surface area contributed by atoms with E-state index in [1.54, 1.807) is 0 Å². The molecule has 0 radical (unpaired) electrons. The fourth-order valence-electron chi connectivity index (χ4n) is 2.27. The molecule has 0 unspecified atom stereocenters. The van der Waals surface area contributed by atoms with Crippen LogP contribution in [0.5, 0.6) is 0 Å². The van der Waals surface area contributed by atoms with Crippen molar-refractivity contribution in [2.24, 2.45) is 0 Å². The van der Waals surface area contributed by atoms with Gasteiger partial charge in [0.15, 0.2) is 0 Å². The summed E-state index contributed by atoms with van der Waals surface area (Å²) in [5.74, 6) is 0. The molecule has 0 aliphatic rings. The van der Waals surface area contributed by atoms with E-state index in [1.165, 1.54) is 5.56 Å². The maximum Gasteiger partial charge on any atom is 0.0934 e. The van der Waals surface area contributed by atoms with Gasteiger partial charge in [-0.15, -0.1) is 0 Å². The molecule has 0 bridgehead atoms. The van der Waals surface area contributed by atoms with Gasteiger partial charge < -0.3 is 9.88 Å². The van der Waals surface area contributed by atoms with Crippen molar-refractivity contribution >= 4 is 32.5 Å². The van der Waals surface area contributed by atoms with E-state index in [9.17, 15) is 0 Å². The first-order valence-electron chi connectivity index (χ1n) is 6.69. The summed E-state index contributed by atoms with van der Waals surface area (Å²) in [5.41, 5.74) is 3.35. The number of aromatic nitrogens is 2. The summed E-state index contributed by atoms with van der Waals surface area (Å²) in [6.07, 6.45) is 6.11. The monoisotopic (exact) mass is 329 g/mol. The molecular weight excluding hydrogens is 314 g/mol. The molecule has 0 aliphatic carbocycles. The Kier molecular flexibility index (Phi) is 3.74. The van der Waals surface area contributed by atoms with Gasteiger partial charge in [-0.1, -0.05) is 12.1 Å². The third kappa shape index (κ3) is 2.70. The summed E-state index contributed by atoms with van der Waals surface area (Å²) < 4.78 is 3.18. The lowest BCUT2D eigenvalue weighted by Crippen LogP contribution is -2.00. The van der Waals surface area contributed by atoms with Crippen LogP contribution in [0.3, 0.4) is 0 Å². The van der Waals surface area contributed by atoms with Crippen LogP contribution >= 0.6 is 15.9 Å². The zero-order chi connectivity index (χ0) is 13.9. The Morgan fingerprint density at radius 3 is 3.00 bits per heavy atom. The van der Waals surface area contributed by atoms with E-state index in [1.807, 2.05) is 6.20 Å². The van der Waals surface area contributed by atoms with E-state index >= 15 is 0 Å². The second-order valence-electron chi connectivity index (χ2n) is 4.73. The molecular formula is C16H16BrN3. The SMILES string of the molecule is CCn1ccc(CNc2cccc3cc(Br)cnc23)c1. The highest BCUT2D eigenvalue weighted by atomic mass is 79.9. The predicted molar refractivity (Wildman–Crippen MR) is 86.9 cm³/mol. The van der Waals surface area contributed by atoms with Crippen molar-refractivity contribution in [1.29, 1.82) is 0 Å². The molecule has 0 fully saturated rings. The van der Waals surface area contributed by atoms with Gasteiger partial charge in [0, 0.05) is 41.5 Å². The van der Waals surface area contributed by atoms with Crippen molar-refractivity contribution in [3.63, 3.8) is 0 Å². The third-order valence-corrected chi connectivity index (χ3v) is 3.77. The van der Waals surface area contributed by atoms with Crippen LogP contribution in [-0.2, 0) is 13.1 Å². The maximum absolute atomic E-state index is 4.50. The number of rotatable bonds is 4. The maximum atomic E-state index is 4.50. The van der Waals surface area contributed by atoms with E-state index < -0.39 is 0 Å². The van der Waals surface area contributed by atoms with Crippen molar-refractivity contribution in [2.75, 3.05) is 5.32 Å². The van der Waals surface area contributed by atoms with Gasteiger partial charge in [0.2, 0.25) is 0 Å². The Hall–Kier alpha value is -1.81. The van der Waals surface area contributed by atoms with Crippen LogP contribution in [0, 0.1) is 0 Å². The number of anilines is 1. The van der Waals surface area contributed by atoms with Gasteiger partial charge in [-0.05, 0) is 46.6 Å². The van der Waals surface area contributed by atoms with Gasteiger partial charge in [-0.25, -0.2) is 0 Å². The molecule has 20 heavy (non-hydrogen) atoms. The molecule has 0 aliphatic heterocycles. The first-order valence-corrected chi connectivity index (χ1v) is 7.48. The van der Waals surface area contributed by atoms with E-state index in [4.69, 9.17) is 0 Å². The lowest BCUT2D eigenvalue weighted by molar-refractivity contribution is 0.766. The van der Waals surface area contributed by atoms with Crippen molar-refractivity contribution in [2.45, 2.75) is 20.0 Å². The van der Waals surface area contributed by atoms with E-state index in [0.29, 0.717) is 0 Å². The van der Waals surface area contributed by atoms with Crippen LogP contribution < -0.4 is 5.32 Å².